The van der Waals surface area contributed by atoms with E-state index in [2.05, 4.69) is 0 Å². The number of carbonyl (C=O) groups excluding carboxylic acids is 1. The Kier molecular flexibility index (Phi) is 14.3. The topological polar surface area (TPSA) is 135 Å². The Balaban J connectivity index is 2.52. The normalized spacial score (nSPS) is 41.2. The van der Waals surface area contributed by atoms with Gasteiger partial charge in [-0.05, 0) is 38.2 Å². The number of methoxy groups -OCH3 is 2. The van der Waals surface area contributed by atoms with Gasteiger partial charge in [-0.25, -0.2) is 4.79 Å². The lowest BCUT2D eigenvalue weighted by Gasteiger charge is -2.49. The molecule has 12 atom stereocenters. The second-order valence-corrected chi connectivity index (χ2v) is 13.6. The van der Waals surface area contributed by atoms with Crippen molar-refractivity contribution in [1.29, 1.82) is 0 Å². The molecule has 0 aromatic carbocycles. The minimum Gasteiger partial charge on any atom is -0.490 e. The highest BCUT2D eigenvalue weighted by atomic mass is 16.6. The van der Waals surface area contributed by atoms with E-state index in [1.54, 1.807) is 26.0 Å². The van der Waals surface area contributed by atoms with E-state index in [9.17, 15) is 25.2 Å². The van der Waals surface area contributed by atoms with Crippen molar-refractivity contribution < 1.29 is 44.2 Å². The summed E-state index contributed by atoms with van der Waals surface area (Å²) in [6.07, 6.45) is 4.85. The molecule has 0 radical (unpaired) electrons. The Morgan fingerprint density at radius 2 is 1.68 bits per heavy atom. The van der Waals surface area contributed by atoms with E-state index < -0.39 is 60.2 Å². The van der Waals surface area contributed by atoms with Crippen molar-refractivity contribution in [3.05, 3.63) is 47.3 Å². The SMILES string of the molecule is CO/C1=C/C(C)=C/[C@@H](C)[C@@H](O)[C@@H](C)C/C(C)=C/C=C/[C@H](OC)C([C@@H](C)[C@@H](O)[C@H](C)[C@@]2(O)C[C@@H](O)[C@H](C)[C@@H](C(C)C)O2)OC1=O. The van der Waals surface area contributed by atoms with E-state index in [0.717, 1.165) is 11.1 Å². The summed E-state index contributed by atoms with van der Waals surface area (Å²) in [4.78, 5) is 13.5. The predicted molar refractivity (Wildman–Crippen MR) is 170 cm³/mol. The van der Waals surface area contributed by atoms with E-state index in [4.69, 9.17) is 18.9 Å². The van der Waals surface area contributed by atoms with E-state index in [1.807, 2.05) is 66.7 Å². The highest BCUT2D eigenvalue weighted by Crippen LogP contribution is 2.41. The van der Waals surface area contributed by atoms with Crippen LogP contribution in [-0.2, 0) is 23.7 Å². The largest absolute Gasteiger partial charge is 0.490 e. The van der Waals surface area contributed by atoms with Gasteiger partial charge in [0.15, 0.2) is 5.79 Å². The van der Waals surface area contributed by atoms with Gasteiger partial charge in [-0.2, -0.15) is 0 Å². The first kappa shape index (κ1) is 38.2. The minimum atomic E-state index is -1.80. The molecule has 0 saturated carbocycles. The van der Waals surface area contributed by atoms with Crippen molar-refractivity contribution in [2.24, 2.45) is 35.5 Å². The molecule has 0 aliphatic carbocycles. The molecule has 2 rings (SSSR count). The lowest BCUT2D eigenvalue weighted by Crippen LogP contribution is -2.59. The number of hydrogen-bond donors (Lipinski definition) is 4. The van der Waals surface area contributed by atoms with Crippen molar-refractivity contribution in [2.75, 3.05) is 14.2 Å². The highest BCUT2D eigenvalue weighted by molar-refractivity contribution is 5.87. The Bertz CT molecular complexity index is 1060. The van der Waals surface area contributed by atoms with Crippen LogP contribution in [0.3, 0.4) is 0 Å². The van der Waals surface area contributed by atoms with Crippen molar-refractivity contribution in [3.63, 3.8) is 0 Å². The number of aliphatic hydroxyl groups excluding tert-OH is 3. The van der Waals surface area contributed by atoms with Gasteiger partial charge in [0, 0.05) is 37.2 Å². The van der Waals surface area contributed by atoms with Gasteiger partial charge in [0.25, 0.3) is 0 Å². The molecular weight excluding hydrogens is 564 g/mol. The molecule has 1 fully saturated rings. The summed E-state index contributed by atoms with van der Waals surface area (Å²) in [5.41, 5.74) is 1.78. The molecule has 1 unspecified atom stereocenters. The number of esters is 1. The zero-order valence-corrected chi connectivity index (χ0v) is 28.6. The number of cyclic esters (lactones) is 1. The van der Waals surface area contributed by atoms with Crippen LogP contribution in [-0.4, -0.2) is 83.0 Å². The summed E-state index contributed by atoms with van der Waals surface area (Å²) in [7, 11) is 2.87. The number of hydrogen-bond acceptors (Lipinski definition) is 9. The van der Waals surface area contributed by atoms with E-state index in [-0.39, 0.29) is 35.9 Å². The molecular formula is C35H58O9. The maximum absolute atomic E-state index is 13.5. The Hall–Kier alpha value is -2.01. The molecule has 44 heavy (non-hydrogen) atoms. The van der Waals surface area contributed by atoms with E-state index in [0.29, 0.717) is 6.42 Å². The van der Waals surface area contributed by atoms with Crippen molar-refractivity contribution in [1.82, 2.24) is 0 Å². The van der Waals surface area contributed by atoms with Crippen LogP contribution in [0.5, 0.6) is 0 Å². The Morgan fingerprint density at radius 1 is 1.05 bits per heavy atom. The molecule has 2 aliphatic heterocycles. The van der Waals surface area contributed by atoms with Crippen molar-refractivity contribution in [2.45, 2.75) is 118 Å². The van der Waals surface area contributed by atoms with Crippen LogP contribution in [0, 0.1) is 35.5 Å². The third-order valence-electron chi connectivity index (χ3n) is 9.50. The lowest BCUT2D eigenvalue weighted by molar-refractivity contribution is -0.328. The van der Waals surface area contributed by atoms with Gasteiger partial charge in [0.2, 0.25) is 5.76 Å². The smallest absolute Gasteiger partial charge is 0.373 e. The fourth-order valence-electron chi connectivity index (χ4n) is 6.54. The molecule has 2 heterocycles. The molecule has 0 bridgehead atoms. The number of allylic oxidation sites excluding steroid dienone is 5. The Labute approximate surface area is 264 Å². The molecule has 252 valence electrons. The zero-order valence-electron chi connectivity index (χ0n) is 28.6. The molecule has 0 spiro atoms. The number of carbonyl (C=O) groups is 1. The van der Waals surface area contributed by atoms with Crippen LogP contribution < -0.4 is 0 Å². The second-order valence-electron chi connectivity index (χ2n) is 13.6. The highest BCUT2D eigenvalue weighted by Gasteiger charge is 2.51. The monoisotopic (exact) mass is 622 g/mol. The van der Waals surface area contributed by atoms with Crippen LogP contribution >= 0.6 is 0 Å². The molecule has 9 heteroatoms. The molecule has 0 aromatic heterocycles. The summed E-state index contributed by atoms with van der Waals surface area (Å²) in [5.74, 6) is -4.49. The van der Waals surface area contributed by atoms with E-state index >= 15 is 0 Å². The molecule has 0 amide bonds. The summed E-state index contributed by atoms with van der Waals surface area (Å²) in [6, 6.07) is 0. The number of rotatable bonds is 7. The van der Waals surface area contributed by atoms with Crippen molar-refractivity contribution >= 4 is 5.97 Å². The van der Waals surface area contributed by atoms with Gasteiger partial charge < -0.3 is 39.4 Å². The molecule has 2 aliphatic rings. The predicted octanol–water partition coefficient (Wildman–Crippen LogP) is 4.69. The molecule has 0 aromatic rings. The van der Waals surface area contributed by atoms with Crippen LogP contribution in [0.2, 0.25) is 0 Å². The van der Waals surface area contributed by atoms with Gasteiger partial charge in [0.1, 0.15) is 12.2 Å². The second kappa shape index (κ2) is 16.5. The van der Waals surface area contributed by atoms with Crippen LogP contribution in [0.1, 0.15) is 75.2 Å². The first-order chi connectivity index (χ1) is 20.5. The average molecular weight is 623 g/mol. The quantitative estimate of drug-likeness (QED) is 0.298. The first-order valence-electron chi connectivity index (χ1n) is 15.9. The van der Waals surface area contributed by atoms with Crippen molar-refractivity contribution in [3.8, 4) is 0 Å². The molecule has 4 N–H and O–H groups in total. The third kappa shape index (κ3) is 9.50. The molecule has 1 saturated heterocycles. The first-order valence-corrected chi connectivity index (χ1v) is 15.9. The van der Waals surface area contributed by atoms with E-state index in [1.165, 1.54) is 14.2 Å². The zero-order chi connectivity index (χ0) is 33.5. The number of ether oxygens (including phenoxy) is 4. The minimum absolute atomic E-state index is 0.00492. The summed E-state index contributed by atoms with van der Waals surface area (Å²) < 4.78 is 23.4. The maximum atomic E-state index is 13.5. The fourth-order valence-corrected chi connectivity index (χ4v) is 6.54. The fraction of sp³-hybridized carbons (Fsp3) is 0.743. The maximum Gasteiger partial charge on any atom is 0.373 e. The average Bonchev–Trinajstić information content (AvgIpc) is 2.96. The van der Waals surface area contributed by atoms with Gasteiger partial charge in [-0.3, -0.25) is 0 Å². The van der Waals surface area contributed by atoms with Crippen LogP contribution in [0.4, 0.5) is 0 Å². The van der Waals surface area contributed by atoms with Crippen LogP contribution in [0.25, 0.3) is 0 Å². The van der Waals surface area contributed by atoms with Crippen LogP contribution in [0.15, 0.2) is 47.3 Å². The van der Waals surface area contributed by atoms with Gasteiger partial charge in [-0.15, -0.1) is 0 Å². The number of aliphatic hydroxyl groups is 4. The van der Waals surface area contributed by atoms with Gasteiger partial charge >= 0.3 is 5.97 Å². The van der Waals surface area contributed by atoms with Gasteiger partial charge in [-0.1, -0.05) is 83.9 Å². The summed E-state index contributed by atoms with van der Waals surface area (Å²) in [5, 5.41) is 45.0. The third-order valence-corrected chi connectivity index (χ3v) is 9.50. The lowest BCUT2D eigenvalue weighted by atomic mass is 9.76. The van der Waals surface area contributed by atoms with Gasteiger partial charge in [0.05, 0.1) is 31.5 Å². The molecule has 9 nitrogen and oxygen atoms in total. The standard InChI is InChI=1S/C35H58O9/c1-19(2)32-24(7)27(36)18-35(40,44-32)26(9)31(38)25(8)33-28(41-10)14-12-13-20(3)15-22(5)30(37)23(6)16-21(4)17-29(42-11)34(39)43-33/h12-14,16-17,19,22-28,30-33,36-38,40H,15,18H2,1-11H3/b14-12+,20-13+,21-16+,29-17+/t22-,23+,24-,25-,26-,27+,28-,30-,31+,32+,33?,35+/m0/s1. The summed E-state index contributed by atoms with van der Waals surface area (Å²) in [6.45, 7) is 17.0. The summed E-state index contributed by atoms with van der Waals surface area (Å²) >= 11 is 0. The Morgan fingerprint density at radius 3 is 2.25 bits per heavy atom.